The molecular formula is C22H27N3O4. The Bertz CT molecular complexity index is 807. The van der Waals surface area contributed by atoms with Crippen LogP contribution >= 0.6 is 0 Å². The largest absolute Gasteiger partial charge is 0.456 e. The number of esters is 1. The summed E-state index contributed by atoms with van der Waals surface area (Å²) in [4.78, 5) is 35.3. The number of carbonyl (C=O) groups excluding carboxylic acids is 3. The lowest BCUT2D eigenvalue weighted by atomic mass is 9.99. The fourth-order valence-electron chi connectivity index (χ4n) is 2.52. The van der Waals surface area contributed by atoms with Crippen molar-refractivity contribution < 1.29 is 19.1 Å². The van der Waals surface area contributed by atoms with Crippen LogP contribution in [0.25, 0.3) is 0 Å². The van der Waals surface area contributed by atoms with E-state index >= 15 is 0 Å². The SMILES string of the molecule is CC[C@H](C)c1ccc(NC(=O)COC(=O)CCNC(=O)Nc2ccccc2)cc1. The topological polar surface area (TPSA) is 96.5 Å². The van der Waals surface area contributed by atoms with Crippen molar-refractivity contribution >= 4 is 29.3 Å². The number of hydrogen-bond donors (Lipinski definition) is 3. The third-order valence-corrected chi connectivity index (χ3v) is 4.39. The van der Waals surface area contributed by atoms with Crippen LogP contribution in [-0.2, 0) is 14.3 Å². The molecule has 7 nitrogen and oxygen atoms in total. The molecule has 2 aromatic rings. The first-order chi connectivity index (χ1) is 14.0. The molecule has 29 heavy (non-hydrogen) atoms. The Morgan fingerprint density at radius 3 is 2.24 bits per heavy atom. The summed E-state index contributed by atoms with van der Waals surface area (Å²) in [7, 11) is 0. The zero-order chi connectivity index (χ0) is 21.1. The average Bonchev–Trinajstić information content (AvgIpc) is 2.73. The van der Waals surface area contributed by atoms with Crippen LogP contribution in [0.15, 0.2) is 54.6 Å². The Morgan fingerprint density at radius 2 is 1.59 bits per heavy atom. The summed E-state index contributed by atoms with van der Waals surface area (Å²) >= 11 is 0. The van der Waals surface area contributed by atoms with E-state index in [2.05, 4.69) is 29.8 Å². The van der Waals surface area contributed by atoms with Gasteiger partial charge in [-0.25, -0.2) is 4.79 Å². The van der Waals surface area contributed by atoms with E-state index in [1.807, 2.05) is 30.3 Å². The Morgan fingerprint density at radius 1 is 0.931 bits per heavy atom. The fourth-order valence-corrected chi connectivity index (χ4v) is 2.52. The maximum Gasteiger partial charge on any atom is 0.319 e. The van der Waals surface area contributed by atoms with Crippen LogP contribution < -0.4 is 16.0 Å². The number of ether oxygens (including phenoxy) is 1. The average molecular weight is 397 g/mol. The summed E-state index contributed by atoms with van der Waals surface area (Å²) in [5.74, 6) is -0.513. The predicted molar refractivity (Wildman–Crippen MR) is 113 cm³/mol. The van der Waals surface area contributed by atoms with E-state index in [0.29, 0.717) is 17.3 Å². The number of para-hydroxylation sites is 1. The molecular weight excluding hydrogens is 370 g/mol. The standard InChI is InChI=1S/C22H27N3O4/c1-3-16(2)17-9-11-19(12-10-17)24-20(26)15-29-21(27)13-14-23-22(28)25-18-7-5-4-6-8-18/h4-12,16H,3,13-15H2,1-2H3,(H,24,26)(H2,23,25,28)/t16-/m0/s1. The molecule has 0 bridgehead atoms. The van der Waals surface area contributed by atoms with Gasteiger partial charge in [0.15, 0.2) is 6.61 Å². The lowest BCUT2D eigenvalue weighted by Gasteiger charge is -2.11. The zero-order valence-corrected chi connectivity index (χ0v) is 16.7. The molecule has 0 saturated heterocycles. The molecule has 0 aliphatic heterocycles. The lowest BCUT2D eigenvalue weighted by molar-refractivity contribution is -0.147. The Balaban J connectivity index is 1.63. The number of rotatable bonds is 9. The third kappa shape index (κ3) is 8.04. The molecule has 1 atom stereocenters. The van der Waals surface area contributed by atoms with Gasteiger partial charge in [-0.05, 0) is 42.2 Å². The molecule has 2 aromatic carbocycles. The highest BCUT2D eigenvalue weighted by Gasteiger charge is 2.09. The quantitative estimate of drug-likeness (QED) is 0.559. The molecule has 2 rings (SSSR count). The maximum atomic E-state index is 11.9. The minimum Gasteiger partial charge on any atom is -0.456 e. The van der Waals surface area contributed by atoms with Crippen molar-refractivity contribution in [1.29, 1.82) is 0 Å². The van der Waals surface area contributed by atoms with Gasteiger partial charge in [-0.3, -0.25) is 9.59 Å². The van der Waals surface area contributed by atoms with E-state index in [4.69, 9.17) is 4.74 Å². The van der Waals surface area contributed by atoms with Crippen molar-refractivity contribution in [3.8, 4) is 0 Å². The van der Waals surface area contributed by atoms with E-state index in [1.54, 1.807) is 24.3 Å². The number of anilines is 2. The first kappa shape index (κ1) is 21.9. The Labute approximate surface area is 170 Å². The molecule has 3 N–H and O–H groups in total. The van der Waals surface area contributed by atoms with Gasteiger partial charge in [0.2, 0.25) is 0 Å². The van der Waals surface area contributed by atoms with Gasteiger partial charge >= 0.3 is 12.0 Å². The highest BCUT2D eigenvalue weighted by Crippen LogP contribution is 2.20. The molecule has 0 fully saturated rings. The van der Waals surface area contributed by atoms with Crippen molar-refractivity contribution in [2.45, 2.75) is 32.6 Å². The number of benzene rings is 2. The highest BCUT2D eigenvalue weighted by molar-refractivity contribution is 5.93. The van der Waals surface area contributed by atoms with Crippen molar-refractivity contribution in [2.75, 3.05) is 23.8 Å². The van der Waals surface area contributed by atoms with Gasteiger partial charge in [0, 0.05) is 17.9 Å². The predicted octanol–water partition coefficient (Wildman–Crippen LogP) is 3.89. The summed E-state index contributed by atoms with van der Waals surface area (Å²) in [6, 6.07) is 16.2. The van der Waals surface area contributed by atoms with Crippen LogP contribution in [-0.4, -0.2) is 31.1 Å². The second-order valence-corrected chi connectivity index (χ2v) is 6.64. The second kappa shape index (κ2) is 11.5. The van der Waals surface area contributed by atoms with Crippen LogP contribution in [0, 0.1) is 0 Å². The number of urea groups is 1. The number of hydrogen-bond acceptors (Lipinski definition) is 4. The summed E-state index contributed by atoms with van der Waals surface area (Å²) in [6.07, 6.45) is 1.02. The molecule has 7 heteroatoms. The van der Waals surface area contributed by atoms with Crippen LogP contribution in [0.5, 0.6) is 0 Å². The molecule has 0 aromatic heterocycles. The van der Waals surface area contributed by atoms with Crippen molar-refractivity contribution in [1.82, 2.24) is 5.32 Å². The summed E-state index contributed by atoms with van der Waals surface area (Å²) < 4.78 is 4.93. The van der Waals surface area contributed by atoms with Crippen LogP contribution in [0.2, 0.25) is 0 Å². The molecule has 154 valence electrons. The first-order valence-electron chi connectivity index (χ1n) is 9.63. The Hall–Kier alpha value is -3.35. The highest BCUT2D eigenvalue weighted by atomic mass is 16.5. The summed E-state index contributed by atoms with van der Waals surface area (Å²) in [5, 5.41) is 7.89. The van der Waals surface area contributed by atoms with Crippen LogP contribution in [0.1, 0.15) is 38.2 Å². The number of nitrogens with one attached hydrogen (secondary N) is 3. The molecule has 3 amide bonds. The van der Waals surface area contributed by atoms with E-state index in [0.717, 1.165) is 6.42 Å². The number of amides is 3. The van der Waals surface area contributed by atoms with Gasteiger partial charge in [-0.2, -0.15) is 0 Å². The lowest BCUT2D eigenvalue weighted by Crippen LogP contribution is -2.31. The maximum absolute atomic E-state index is 11.9. The molecule has 0 radical (unpaired) electrons. The van der Waals surface area contributed by atoms with Gasteiger partial charge < -0.3 is 20.7 Å². The molecule has 0 heterocycles. The summed E-state index contributed by atoms with van der Waals surface area (Å²) in [6.45, 7) is 4.01. The third-order valence-electron chi connectivity index (χ3n) is 4.39. The van der Waals surface area contributed by atoms with Gasteiger partial charge in [-0.1, -0.05) is 44.2 Å². The fraction of sp³-hybridized carbons (Fsp3) is 0.318. The minimum absolute atomic E-state index is 0.0287. The van der Waals surface area contributed by atoms with Crippen LogP contribution in [0.4, 0.5) is 16.2 Å². The Kier molecular flexibility index (Phi) is 8.69. The van der Waals surface area contributed by atoms with E-state index in [-0.39, 0.29) is 19.6 Å². The number of carbonyl (C=O) groups is 3. The van der Waals surface area contributed by atoms with E-state index < -0.39 is 17.9 Å². The van der Waals surface area contributed by atoms with E-state index in [1.165, 1.54) is 5.56 Å². The zero-order valence-electron chi connectivity index (χ0n) is 16.7. The van der Waals surface area contributed by atoms with Crippen molar-refractivity contribution in [3.63, 3.8) is 0 Å². The first-order valence-corrected chi connectivity index (χ1v) is 9.63. The van der Waals surface area contributed by atoms with Crippen LogP contribution in [0.3, 0.4) is 0 Å². The molecule has 0 aliphatic rings. The molecule has 0 saturated carbocycles. The molecule has 0 unspecified atom stereocenters. The van der Waals surface area contributed by atoms with Crippen molar-refractivity contribution in [2.24, 2.45) is 0 Å². The second-order valence-electron chi connectivity index (χ2n) is 6.64. The van der Waals surface area contributed by atoms with Gasteiger partial charge in [0.1, 0.15) is 0 Å². The molecule has 0 spiro atoms. The summed E-state index contributed by atoms with van der Waals surface area (Å²) in [5.41, 5.74) is 2.51. The molecule has 0 aliphatic carbocycles. The smallest absolute Gasteiger partial charge is 0.319 e. The monoisotopic (exact) mass is 397 g/mol. The minimum atomic E-state index is -0.563. The van der Waals surface area contributed by atoms with Crippen molar-refractivity contribution in [3.05, 3.63) is 60.2 Å². The van der Waals surface area contributed by atoms with Gasteiger partial charge in [-0.15, -0.1) is 0 Å². The van der Waals surface area contributed by atoms with E-state index in [9.17, 15) is 14.4 Å². The van der Waals surface area contributed by atoms with Gasteiger partial charge in [0.05, 0.1) is 6.42 Å². The normalized spacial score (nSPS) is 11.2. The van der Waals surface area contributed by atoms with Gasteiger partial charge in [0.25, 0.3) is 5.91 Å².